The number of hydrogen-bond donors (Lipinski definition) is 0. The molecule has 0 atom stereocenters. The Morgan fingerprint density at radius 1 is 0.438 bits per heavy atom. The van der Waals surface area contributed by atoms with Crippen LogP contribution in [0, 0.1) is 0 Å². The molecule has 0 bridgehead atoms. The summed E-state index contributed by atoms with van der Waals surface area (Å²) in [5.41, 5.74) is 0. The van der Waals surface area contributed by atoms with Crippen molar-refractivity contribution in [3.05, 3.63) is 0 Å². The third-order valence-corrected chi connectivity index (χ3v) is 2.95. The number of rotatable bonds is 13. The van der Waals surface area contributed by atoms with Crippen LogP contribution in [0.5, 0.6) is 0 Å². The van der Waals surface area contributed by atoms with Gasteiger partial charge in [-0.2, -0.15) is 0 Å². The average molecular weight is 230 g/mol. The van der Waals surface area contributed by atoms with Gasteiger partial charge in [-0.05, 0) is 12.8 Å². The van der Waals surface area contributed by atoms with Crippen LogP contribution in [0.25, 0.3) is 0 Å². The molecule has 0 amide bonds. The minimum Gasteiger partial charge on any atom is -0.385 e. The van der Waals surface area contributed by atoms with E-state index >= 15 is 0 Å². The van der Waals surface area contributed by atoms with E-state index in [2.05, 4.69) is 0 Å². The van der Waals surface area contributed by atoms with Gasteiger partial charge < -0.3 is 9.47 Å². The van der Waals surface area contributed by atoms with E-state index in [1.54, 1.807) is 14.2 Å². The van der Waals surface area contributed by atoms with Crippen molar-refractivity contribution in [2.24, 2.45) is 0 Å². The van der Waals surface area contributed by atoms with Crippen molar-refractivity contribution in [3.8, 4) is 0 Å². The topological polar surface area (TPSA) is 18.5 Å². The highest BCUT2D eigenvalue weighted by molar-refractivity contribution is 4.47. The molecule has 0 aliphatic carbocycles. The molecule has 2 nitrogen and oxygen atoms in total. The molecule has 0 aromatic heterocycles. The maximum absolute atomic E-state index is 5.02. The summed E-state index contributed by atoms with van der Waals surface area (Å²) in [7, 11) is 3.56. The highest BCUT2D eigenvalue weighted by Gasteiger charge is 1.92. The SMILES string of the molecule is COCCCCCCCCCCCCOC. The smallest absolute Gasteiger partial charge is 0.0462 e. The summed E-state index contributed by atoms with van der Waals surface area (Å²) in [5, 5.41) is 0. The Labute approximate surface area is 102 Å². The highest BCUT2D eigenvalue weighted by atomic mass is 16.5. The van der Waals surface area contributed by atoms with Gasteiger partial charge in [0, 0.05) is 27.4 Å². The van der Waals surface area contributed by atoms with Crippen LogP contribution >= 0.6 is 0 Å². The van der Waals surface area contributed by atoms with Gasteiger partial charge in [0.2, 0.25) is 0 Å². The molecule has 0 saturated heterocycles. The molecule has 0 aliphatic heterocycles. The van der Waals surface area contributed by atoms with E-state index in [1.165, 1.54) is 64.2 Å². The number of methoxy groups -OCH3 is 2. The molecule has 0 heterocycles. The molecule has 0 radical (unpaired) electrons. The van der Waals surface area contributed by atoms with Gasteiger partial charge in [-0.25, -0.2) is 0 Å². The van der Waals surface area contributed by atoms with Gasteiger partial charge in [-0.3, -0.25) is 0 Å². The first-order valence-electron chi connectivity index (χ1n) is 6.89. The first-order valence-corrected chi connectivity index (χ1v) is 6.89. The van der Waals surface area contributed by atoms with Crippen molar-refractivity contribution in [3.63, 3.8) is 0 Å². The van der Waals surface area contributed by atoms with Gasteiger partial charge >= 0.3 is 0 Å². The molecule has 0 fully saturated rings. The average Bonchev–Trinajstić information content (AvgIpc) is 2.31. The molecule has 0 N–H and O–H groups in total. The fraction of sp³-hybridized carbons (Fsp3) is 1.00. The molecule has 0 aliphatic rings. The van der Waals surface area contributed by atoms with Crippen LogP contribution in [0.2, 0.25) is 0 Å². The number of hydrogen-bond acceptors (Lipinski definition) is 2. The largest absolute Gasteiger partial charge is 0.385 e. The molecular weight excluding hydrogens is 200 g/mol. The van der Waals surface area contributed by atoms with Crippen molar-refractivity contribution in [2.75, 3.05) is 27.4 Å². The summed E-state index contributed by atoms with van der Waals surface area (Å²) < 4.78 is 10.0. The quantitative estimate of drug-likeness (QED) is 0.442. The van der Waals surface area contributed by atoms with Gasteiger partial charge in [0.15, 0.2) is 0 Å². The number of ether oxygens (including phenoxy) is 2. The molecule has 0 unspecified atom stereocenters. The highest BCUT2D eigenvalue weighted by Crippen LogP contribution is 2.10. The molecule has 98 valence electrons. The van der Waals surface area contributed by atoms with Crippen molar-refractivity contribution >= 4 is 0 Å². The van der Waals surface area contributed by atoms with Gasteiger partial charge in [0.05, 0.1) is 0 Å². The van der Waals surface area contributed by atoms with Crippen LogP contribution in [0.1, 0.15) is 64.2 Å². The fourth-order valence-corrected chi connectivity index (χ4v) is 1.91. The predicted octanol–water partition coefficient (Wildman–Crippen LogP) is 4.18. The normalized spacial score (nSPS) is 10.9. The Morgan fingerprint density at radius 3 is 0.938 bits per heavy atom. The lowest BCUT2D eigenvalue weighted by molar-refractivity contribution is 0.191. The number of unbranched alkanes of at least 4 members (excludes halogenated alkanes) is 9. The Morgan fingerprint density at radius 2 is 0.688 bits per heavy atom. The van der Waals surface area contributed by atoms with E-state index in [0.29, 0.717) is 0 Å². The molecule has 0 aromatic rings. The van der Waals surface area contributed by atoms with E-state index in [9.17, 15) is 0 Å². The second kappa shape index (κ2) is 14.9. The first-order chi connectivity index (χ1) is 7.91. The van der Waals surface area contributed by atoms with E-state index in [0.717, 1.165) is 13.2 Å². The Kier molecular flexibility index (Phi) is 14.8. The van der Waals surface area contributed by atoms with Crippen LogP contribution in [0.3, 0.4) is 0 Å². The van der Waals surface area contributed by atoms with Crippen LogP contribution in [0.15, 0.2) is 0 Å². The van der Waals surface area contributed by atoms with E-state index in [1.807, 2.05) is 0 Å². The second-order valence-electron chi connectivity index (χ2n) is 4.52. The zero-order chi connectivity index (χ0) is 11.9. The Bertz CT molecular complexity index is 101. The lowest BCUT2D eigenvalue weighted by Crippen LogP contribution is -1.89. The molecule has 0 spiro atoms. The van der Waals surface area contributed by atoms with Crippen LogP contribution in [-0.2, 0) is 9.47 Å². The van der Waals surface area contributed by atoms with Gasteiger partial charge in [0.1, 0.15) is 0 Å². The fourth-order valence-electron chi connectivity index (χ4n) is 1.91. The summed E-state index contributed by atoms with van der Waals surface area (Å²) in [6.07, 6.45) is 13.5. The van der Waals surface area contributed by atoms with Crippen LogP contribution < -0.4 is 0 Å². The van der Waals surface area contributed by atoms with Crippen LogP contribution in [0.4, 0.5) is 0 Å². The molecular formula is C14H30O2. The van der Waals surface area contributed by atoms with Crippen molar-refractivity contribution in [1.82, 2.24) is 0 Å². The maximum atomic E-state index is 5.02. The lowest BCUT2D eigenvalue weighted by Gasteiger charge is -2.02. The van der Waals surface area contributed by atoms with Gasteiger partial charge in [-0.15, -0.1) is 0 Å². The van der Waals surface area contributed by atoms with Crippen molar-refractivity contribution in [2.45, 2.75) is 64.2 Å². The summed E-state index contributed by atoms with van der Waals surface area (Å²) in [4.78, 5) is 0. The standard InChI is InChI=1S/C14H30O2/c1-15-13-11-9-7-5-3-4-6-8-10-12-14-16-2/h3-14H2,1-2H3. The predicted molar refractivity (Wildman–Crippen MR) is 69.9 cm³/mol. The molecule has 0 aromatic carbocycles. The third kappa shape index (κ3) is 13.9. The van der Waals surface area contributed by atoms with E-state index < -0.39 is 0 Å². The van der Waals surface area contributed by atoms with E-state index in [-0.39, 0.29) is 0 Å². The zero-order valence-electron chi connectivity index (χ0n) is 11.3. The maximum Gasteiger partial charge on any atom is 0.0462 e. The minimum absolute atomic E-state index is 0.930. The molecule has 16 heavy (non-hydrogen) atoms. The van der Waals surface area contributed by atoms with E-state index in [4.69, 9.17) is 9.47 Å². The molecule has 0 saturated carbocycles. The Balaban J connectivity index is 2.83. The third-order valence-electron chi connectivity index (χ3n) is 2.95. The van der Waals surface area contributed by atoms with Crippen molar-refractivity contribution in [1.29, 1.82) is 0 Å². The minimum atomic E-state index is 0.930. The summed E-state index contributed by atoms with van der Waals surface area (Å²) >= 11 is 0. The molecule has 0 rings (SSSR count). The van der Waals surface area contributed by atoms with Crippen molar-refractivity contribution < 1.29 is 9.47 Å². The Hall–Kier alpha value is -0.0800. The van der Waals surface area contributed by atoms with Gasteiger partial charge in [0.25, 0.3) is 0 Å². The summed E-state index contributed by atoms with van der Waals surface area (Å²) in [5.74, 6) is 0. The molecule has 2 heteroatoms. The monoisotopic (exact) mass is 230 g/mol. The van der Waals surface area contributed by atoms with Crippen LogP contribution in [-0.4, -0.2) is 27.4 Å². The summed E-state index contributed by atoms with van der Waals surface area (Å²) in [6.45, 7) is 1.86. The zero-order valence-corrected chi connectivity index (χ0v) is 11.3. The van der Waals surface area contributed by atoms with Gasteiger partial charge in [-0.1, -0.05) is 51.4 Å². The lowest BCUT2D eigenvalue weighted by atomic mass is 10.1. The first kappa shape index (κ1) is 15.9. The summed E-state index contributed by atoms with van der Waals surface area (Å²) in [6, 6.07) is 0. The second-order valence-corrected chi connectivity index (χ2v) is 4.52.